The molecule has 1 N–H and O–H groups in total. The van der Waals surface area contributed by atoms with Crippen LogP contribution in [0.3, 0.4) is 0 Å². The van der Waals surface area contributed by atoms with E-state index in [1.807, 2.05) is 29.7 Å². The second kappa shape index (κ2) is 13.7. The molecule has 0 fully saturated rings. The molecule has 0 bridgehead atoms. The number of aryl methyl sites for hydroxylation is 2. The second-order valence-corrected chi connectivity index (χ2v) is 9.17. The van der Waals surface area contributed by atoms with Gasteiger partial charge in [-0.15, -0.1) is 16.8 Å². The van der Waals surface area contributed by atoms with Crippen LogP contribution >= 0.6 is 23.4 Å². The number of rotatable bonds is 13. The number of hydrogen-bond acceptors (Lipinski definition) is 7. The van der Waals surface area contributed by atoms with E-state index in [4.69, 9.17) is 21.1 Å². The van der Waals surface area contributed by atoms with Crippen LogP contribution in [0.5, 0.6) is 5.75 Å². The van der Waals surface area contributed by atoms with Crippen LogP contribution in [0, 0.1) is 6.92 Å². The van der Waals surface area contributed by atoms with Crippen LogP contribution in [0.1, 0.15) is 35.1 Å². The SMILES string of the molecule is C=CCn1c(CCCOc2ccc(Cl)cc2C)nnc1SCC(=O)Nc1ccc(C(=O)OCC)cc1. The molecule has 0 atom stereocenters. The third-order valence-electron chi connectivity index (χ3n) is 5.06. The summed E-state index contributed by atoms with van der Waals surface area (Å²) >= 11 is 7.30. The van der Waals surface area contributed by atoms with Crippen LogP contribution in [0.4, 0.5) is 5.69 Å². The van der Waals surface area contributed by atoms with Crippen LogP contribution < -0.4 is 10.1 Å². The van der Waals surface area contributed by atoms with Gasteiger partial charge in [-0.1, -0.05) is 29.4 Å². The molecule has 190 valence electrons. The number of benzene rings is 2. The number of thioether (sulfide) groups is 1. The number of nitrogens with one attached hydrogen (secondary N) is 1. The minimum absolute atomic E-state index is 0.161. The van der Waals surface area contributed by atoms with Crippen molar-refractivity contribution in [2.24, 2.45) is 0 Å². The van der Waals surface area contributed by atoms with E-state index in [2.05, 4.69) is 22.1 Å². The summed E-state index contributed by atoms with van der Waals surface area (Å²) in [4.78, 5) is 24.2. The predicted octanol–water partition coefficient (Wildman–Crippen LogP) is 5.35. The van der Waals surface area contributed by atoms with E-state index >= 15 is 0 Å². The number of ether oxygens (including phenoxy) is 2. The number of anilines is 1. The minimum atomic E-state index is -0.394. The summed E-state index contributed by atoms with van der Waals surface area (Å²) < 4.78 is 12.8. The van der Waals surface area contributed by atoms with E-state index in [1.54, 1.807) is 37.3 Å². The Morgan fingerprint density at radius 2 is 1.97 bits per heavy atom. The fourth-order valence-corrected chi connectivity index (χ4v) is 4.33. The Kier molecular flexibility index (Phi) is 10.4. The fraction of sp³-hybridized carbons (Fsp3) is 0.308. The maximum Gasteiger partial charge on any atom is 0.338 e. The predicted molar refractivity (Wildman–Crippen MR) is 142 cm³/mol. The summed E-state index contributed by atoms with van der Waals surface area (Å²) in [5, 5.41) is 12.7. The van der Waals surface area contributed by atoms with Crippen LogP contribution in [-0.2, 0) is 22.5 Å². The van der Waals surface area contributed by atoms with Crippen LogP contribution in [0.25, 0.3) is 0 Å². The molecule has 10 heteroatoms. The molecule has 3 aromatic rings. The highest BCUT2D eigenvalue weighted by Gasteiger charge is 2.14. The average molecular weight is 529 g/mol. The molecule has 1 amide bonds. The van der Waals surface area contributed by atoms with Gasteiger partial charge < -0.3 is 19.4 Å². The van der Waals surface area contributed by atoms with Crippen molar-refractivity contribution in [1.29, 1.82) is 0 Å². The van der Waals surface area contributed by atoms with Crippen molar-refractivity contribution in [3.8, 4) is 5.75 Å². The minimum Gasteiger partial charge on any atom is -0.493 e. The molecular weight excluding hydrogens is 500 g/mol. The zero-order valence-corrected chi connectivity index (χ0v) is 21.9. The number of allylic oxidation sites excluding steroid dienone is 1. The number of halogens is 1. The Balaban J connectivity index is 1.50. The number of carbonyl (C=O) groups is 2. The van der Waals surface area contributed by atoms with Gasteiger partial charge >= 0.3 is 5.97 Å². The molecule has 0 saturated carbocycles. The molecule has 1 heterocycles. The largest absolute Gasteiger partial charge is 0.493 e. The van der Waals surface area contributed by atoms with Crippen molar-refractivity contribution in [2.75, 3.05) is 24.3 Å². The Morgan fingerprint density at radius 1 is 1.19 bits per heavy atom. The summed E-state index contributed by atoms with van der Waals surface area (Å²) in [6.45, 7) is 8.91. The number of amides is 1. The first-order valence-electron chi connectivity index (χ1n) is 11.5. The molecule has 0 spiro atoms. The van der Waals surface area contributed by atoms with Crippen molar-refractivity contribution in [3.05, 3.63) is 77.1 Å². The standard InChI is InChI=1S/C26H29ClN4O4S/c1-4-14-31-23(7-6-15-35-22-13-10-20(27)16-18(22)3)29-30-26(31)36-17-24(32)28-21-11-8-19(9-12-21)25(33)34-5-2/h4,8-13,16H,1,5-7,14-15,17H2,2-3H3,(H,28,32). The average Bonchev–Trinajstić information content (AvgIpc) is 3.24. The lowest BCUT2D eigenvalue weighted by atomic mass is 10.2. The van der Waals surface area contributed by atoms with Crippen LogP contribution in [-0.4, -0.2) is 45.6 Å². The van der Waals surface area contributed by atoms with Gasteiger partial charge in [0.25, 0.3) is 0 Å². The second-order valence-electron chi connectivity index (χ2n) is 7.79. The summed E-state index contributed by atoms with van der Waals surface area (Å²) in [6, 6.07) is 12.1. The molecular formula is C26H29ClN4O4S. The highest BCUT2D eigenvalue weighted by molar-refractivity contribution is 7.99. The lowest BCUT2D eigenvalue weighted by Crippen LogP contribution is -2.15. The zero-order chi connectivity index (χ0) is 25.9. The van der Waals surface area contributed by atoms with Gasteiger partial charge in [0.2, 0.25) is 5.91 Å². The number of carbonyl (C=O) groups excluding carboxylic acids is 2. The molecule has 1 aromatic heterocycles. The van der Waals surface area contributed by atoms with E-state index in [0.717, 1.165) is 23.6 Å². The summed E-state index contributed by atoms with van der Waals surface area (Å²) in [7, 11) is 0. The molecule has 2 aromatic carbocycles. The molecule has 3 rings (SSSR count). The van der Waals surface area contributed by atoms with Crippen LogP contribution in [0.2, 0.25) is 5.02 Å². The molecule has 0 aliphatic heterocycles. The lowest BCUT2D eigenvalue weighted by molar-refractivity contribution is -0.113. The van der Waals surface area contributed by atoms with Gasteiger partial charge in [0.05, 0.1) is 24.5 Å². The van der Waals surface area contributed by atoms with Gasteiger partial charge in [-0.3, -0.25) is 4.79 Å². The van der Waals surface area contributed by atoms with Crippen molar-refractivity contribution in [3.63, 3.8) is 0 Å². The van der Waals surface area contributed by atoms with Gasteiger partial charge in [-0.25, -0.2) is 4.79 Å². The quantitative estimate of drug-likeness (QED) is 0.138. The van der Waals surface area contributed by atoms with E-state index in [-0.39, 0.29) is 11.7 Å². The molecule has 0 unspecified atom stereocenters. The molecule has 0 saturated heterocycles. The zero-order valence-electron chi connectivity index (χ0n) is 20.3. The first-order chi connectivity index (χ1) is 17.4. The molecule has 8 nitrogen and oxygen atoms in total. The van der Waals surface area contributed by atoms with Crippen molar-refractivity contribution in [1.82, 2.24) is 14.8 Å². The van der Waals surface area contributed by atoms with E-state index in [9.17, 15) is 9.59 Å². The van der Waals surface area contributed by atoms with Crippen molar-refractivity contribution in [2.45, 2.75) is 38.4 Å². The maximum atomic E-state index is 12.5. The Labute approximate surface area is 220 Å². The topological polar surface area (TPSA) is 95.3 Å². The van der Waals surface area contributed by atoms with E-state index in [1.165, 1.54) is 11.8 Å². The number of nitrogens with zero attached hydrogens (tertiary/aromatic N) is 3. The summed E-state index contributed by atoms with van der Waals surface area (Å²) in [6.07, 6.45) is 3.20. The molecule has 0 aliphatic carbocycles. The van der Waals surface area contributed by atoms with E-state index in [0.29, 0.717) is 47.6 Å². The van der Waals surface area contributed by atoms with Gasteiger partial charge in [0, 0.05) is 23.7 Å². The van der Waals surface area contributed by atoms with E-state index < -0.39 is 5.97 Å². The lowest BCUT2D eigenvalue weighted by Gasteiger charge is -2.10. The maximum absolute atomic E-state index is 12.5. The summed E-state index contributed by atoms with van der Waals surface area (Å²) in [5.41, 5.74) is 2.02. The first-order valence-corrected chi connectivity index (χ1v) is 12.9. The van der Waals surface area contributed by atoms with Gasteiger partial charge in [0.15, 0.2) is 5.16 Å². The number of aromatic nitrogens is 3. The van der Waals surface area contributed by atoms with Gasteiger partial charge in [-0.05, 0) is 68.3 Å². The smallest absolute Gasteiger partial charge is 0.338 e. The normalized spacial score (nSPS) is 10.6. The highest BCUT2D eigenvalue weighted by atomic mass is 35.5. The molecule has 0 aliphatic rings. The Bertz CT molecular complexity index is 1200. The van der Waals surface area contributed by atoms with Crippen LogP contribution in [0.15, 0.2) is 60.3 Å². The Morgan fingerprint density at radius 3 is 2.67 bits per heavy atom. The number of hydrogen-bond donors (Lipinski definition) is 1. The summed E-state index contributed by atoms with van der Waals surface area (Å²) in [5.74, 6) is 1.20. The monoisotopic (exact) mass is 528 g/mol. The van der Waals surface area contributed by atoms with Gasteiger partial charge in [-0.2, -0.15) is 0 Å². The third-order valence-corrected chi connectivity index (χ3v) is 6.26. The number of esters is 1. The van der Waals surface area contributed by atoms with Crippen molar-refractivity contribution >= 4 is 40.9 Å². The molecule has 36 heavy (non-hydrogen) atoms. The Hall–Kier alpha value is -3.30. The highest BCUT2D eigenvalue weighted by Crippen LogP contribution is 2.23. The third kappa shape index (κ3) is 7.86. The first kappa shape index (κ1) is 27.3. The molecule has 0 radical (unpaired) electrons. The fourth-order valence-electron chi connectivity index (χ4n) is 3.34. The van der Waals surface area contributed by atoms with Crippen molar-refractivity contribution < 1.29 is 19.1 Å². The van der Waals surface area contributed by atoms with Gasteiger partial charge in [0.1, 0.15) is 11.6 Å².